The molecule has 0 aliphatic heterocycles. The summed E-state index contributed by atoms with van der Waals surface area (Å²) in [5.41, 5.74) is 11.7. The summed E-state index contributed by atoms with van der Waals surface area (Å²) < 4.78 is 0. The molecule has 9 N–H and O–H groups in total. The Balaban J connectivity index is 3.04. The largest absolute Gasteiger partial charge is 0.480 e. The van der Waals surface area contributed by atoms with Crippen molar-refractivity contribution in [2.75, 3.05) is 12.0 Å². The van der Waals surface area contributed by atoms with Gasteiger partial charge in [0.15, 0.2) is 0 Å². The average molecular weight is 528 g/mol. The number of imidazole rings is 1. The van der Waals surface area contributed by atoms with Gasteiger partial charge in [-0.3, -0.25) is 19.2 Å². The van der Waals surface area contributed by atoms with Crippen molar-refractivity contribution in [1.82, 2.24) is 25.9 Å². The van der Waals surface area contributed by atoms with Gasteiger partial charge < -0.3 is 37.5 Å². The van der Waals surface area contributed by atoms with E-state index >= 15 is 0 Å². The first-order chi connectivity index (χ1) is 17.0. The van der Waals surface area contributed by atoms with Gasteiger partial charge in [0.05, 0.1) is 12.4 Å². The first kappa shape index (κ1) is 30.9. The molecule has 14 heteroatoms. The lowest BCUT2D eigenvalue weighted by Crippen LogP contribution is -2.58. The van der Waals surface area contributed by atoms with Crippen molar-refractivity contribution in [2.45, 2.75) is 70.1 Å². The third-order valence-corrected chi connectivity index (χ3v) is 6.35. The minimum atomic E-state index is -1.35. The number of hydrogen-bond donors (Lipinski definition) is 7. The topological polar surface area (TPSA) is 222 Å². The van der Waals surface area contributed by atoms with Gasteiger partial charge in [0.25, 0.3) is 0 Å². The van der Waals surface area contributed by atoms with Gasteiger partial charge >= 0.3 is 5.97 Å². The number of amides is 4. The molecule has 0 aliphatic carbocycles. The van der Waals surface area contributed by atoms with Crippen LogP contribution in [0.4, 0.5) is 0 Å². The normalized spacial score (nSPS) is 15.1. The molecule has 13 nitrogen and oxygen atoms in total. The summed E-state index contributed by atoms with van der Waals surface area (Å²) in [4.78, 5) is 68.2. The second-order valence-corrected chi connectivity index (χ2v) is 9.49. The molecule has 0 saturated carbocycles. The van der Waals surface area contributed by atoms with E-state index in [-0.39, 0.29) is 31.6 Å². The van der Waals surface area contributed by atoms with Crippen LogP contribution in [0, 0.1) is 5.92 Å². The number of H-pyrrole nitrogens is 1. The number of carboxylic acid groups (broad SMARTS) is 1. The van der Waals surface area contributed by atoms with Gasteiger partial charge in [0.2, 0.25) is 23.6 Å². The van der Waals surface area contributed by atoms with E-state index in [0.717, 1.165) is 0 Å². The van der Waals surface area contributed by atoms with Crippen LogP contribution in [0.5, 0.6) is 0 Å². The van der Waals surface area contributed by atoms with Crippen LogP contribution in [0.2, 0.25) is 0 Å². The van der Waals surface area contributed by atoms with Crippen molar-refractivity contribution in [3.8, 4) is 0 Å². The van der Waals surface area contributed by atoms with E-state index in [0.29, 0.717) is 17.9 Å². The van der Waals surface area contributed by atoms with Crippen molar-refractivity contribution in [3.63, 3.8) is 0 Å². The molecule has 1 rings (SSSR count). The Kier molecular flexibility index (Phi) is 13.5. The smallest absolute Gasteiger partial charge is 0.326 e. The summed E-state index contributed by atoms with van der Waals surface area (Å²) in [5.74, 6) is -3.52. The fraction of sp³-hybridized carbons (Fsp3) is 0.636. The quantitative estimate of drug-likeness (QED) is 0.130. The van der Waals surface area contributed by atoms with Gasteiger partial charge in [-0.05, 0) is 30.8 Å². The number of aromatic amines is 1. The predicted octanol–water partition coefficient (Wildman–Crippen LogP) is -1.12. The highest BCUT2D eigenvalue weighted by molar-refractivity contribution is 7.98. The van der Waals surface area contributed by atoms with Crippen LogP contribution in [-0.2, 0) is 30.4 Å². The SMILES string of the molecule is CCC(C)C(N)C(=O)NC(Cc1cnc[nH]1)C(=O)NC(CCSC)C(=O)NC(CCC(N)=O)C(=O)O. The van der Waals surface area contributed by atoms with E-state index in [1.165, 1.54) is 24.3 Å². The van der Waals surface area contributed by atoms with Crippen LogP contribution in [0.15, 0.2) is 12.5 Å². The van der Waals surface area contributed by atoms with Gasteiger partial charge in [-0.1, -0.05) is 20.3 Å². The molecular formula is C22H37N7O6S. The third-order valence-electron chi connectivity index (χ3n) is 5.71. The van der Waals surface area contributed by atoms with E-state index in [1.807, 2.05) is 20.1 Å². The number of carboxylic acids is 1. The second kappa shape index (κ2) is 15.8. The maximum absolute atomic E-state index is 13.2. The molecule has 202 valence electrons. The lowest BCUT2D eigenvalue weighted by molar-refractivity contribution is -0.142. The molecule has 4 amide bonds. The first-order valence-corrected chi connectivity index (χ1v) is 13.0. The zero-order valence-corrected chi connectivity index (χ0v) is 21.6. The molecule has 36 heavy (non-hydrogen) atoms. The van der Waals surface area contributed by atoms with Crippen LogP contribution < -0.4 is 27.4 Å². The number of carbonyl (C=O) groups is 5. The predicted molar refractivity (Wildman–Crippen MR) is 135 cm³/mol. The first-order valence-electron chi connectivity index (χ1n) is 11.6. The van der Waals surface area contributed by atoms with E-state index in [4.69, 9.17) is 11.5 Å². The number of nitrogens with zero attached hydrogens (tertiary/aromatic N) is 1. The van der Waals surface area contributed by atoms with Crippen LogP contribution in [0.3, 0.4) is 0 Å². The Hall–Kier alpha value is -3.13. The minimum absolute atomic E-state index is 0.0675. The van der Waals surface area contributed by atoms with Gasteiger partial charge in [0, 0.05) is 24.7 Å². The Morgan fingerprint density at radius 2 is 1.67 bits per heavy atom. The number of nitrogens with two attached hydrogens (primary N) is 2. The number of primary amides is 1. The van der Waals surface area contributed by atoms with Crippen molar-refractivity contribution < 1.29 is 29.1 Å². The summed E-state index contributed by atoms with van der Waals surface area (Å²) in [6, 6.07) is -4.33. The molecule has 1 heterocycles. The number of carbonyl (C=O) groups excluding carboxylic acids is 4. The number of aromatic nitrogens is 2. The highest BCUT2D eigenvalue weighted by atomic mass is 32.2. The second-order valence-electron chi connectivity index (χ2n) is 8.50. The van der Waals surface area contributed by atoms with Gasteiger partial charge in [-0.25, -0.2) is 9.78 Å². The summed E-state index contributed by atoms with van der Waals surface area (Å²) >= 11 is 1.44. The Morgan fingerprint density at radius 1 is 1.06 bits per heavy atom. The lowest BCUT2D eigenvalue weighted by atomic mass is 9.98. The maximum Gasteiger partial charge on any atom is 0.326 e. The monoisotopic (exact) mass is 527 g/mol. The zero-order chi connectivity index (χ0) is 27.3. The Bertz CT molecular complexity index is 882. The lowest BCUT2D eigenvalue weighted by Gasteiger charge is -2.26. The van der Waals surface area contributed by atoms with Crippen LogP contribution in [0.1, 0.15) is 45.2 Å². The van der Waals surface area contributed by atoms with Crippen molar-refractivity contribution in [1.29, 1.82) is 0 Å². The Labute approximate surface area is 214 Å². The van der Waals surface area contributed by atoms with E-state index < -0.39 is 53.8 Å². The molecule has 0 fully saturated rings. The van der Waals surface area contributed by atoms with E-state index in [2.05, 4.69) is 25.9 Å². The van der Waals surface area contributed by atoms with Gasteiger partial charge in [-0.15, -0.1) is 0 Å². The molecule has 1 aromatic heterocycles. The van der Waals surface area contributed by atoms with Crippen LogP contribution in [-0.4, -0.2) is 80.8 Å². The van der Waals surface area contributed by atoms with E-state index in [1.54, 1.807) is 0 Å². The van der Waals surface area contributed by atoms with Crippen molar-refractivity contribution in [2.24, 2.45) is 17.4 Å². The minimum Gasteiger partial charge on any atom is -0.480 e. The molecule has 5 atom stereocenters. The van der Waals surface area contributed by atoms with Crippen molar-refractivity contribution >= 4 is 41.4 Å². The molecular weight excluding hydrogens is 490 g/mol. The molecule has 0 aliphatic rings. The van der Waals surface area contributed by atoms with Gasteiger partial charge in [-0.2, -0.15) is 11.8 Å². The molecule has 0 aromatic carbocycles. The number of rotatable bonds is 17. The van der Waals surface area contributed by atoms with Gasteiger partial charge in [0.1, 0.15) is 18.1 Å². The summed E-state index contributed by atoms with van der Waals surface area (Å²) in [6.45, 7) is 3.73. The molecule has 0 bridgehead atoms. The highest BCUT2D eigenvalue weighted by Gasteiger charge is 2.31. The maximum atomic E-state index is 13.2. The summed E-state index contributed by atoms with van der Waals surface area (Å²) in [7, 11) is 0. The molecule has 5 unspecified atom stereocenters. The standard InChI is InChI=1S/C22H37N7O6S/c1-4-12(2)18(24)21(33)29-16(9-13-10-25-11-26-13)20(32)27-14(7-8-36-3)19(31)28-15(22(34)35)5-6-17(23)30/h10-12,14-16,18H,4-9,24H2,1-3H3,(H2,23,30)(H,25,26)(H,27,32)(H,28,31)(H,29,33)(H,34,35). The van der Waals surface area contributed by atoms with Crippen molar-refractivity contribution in [3.05, 3.63) is 18.2 Å². The fourth-order valence-electron chi connectivity index (χ4n) is 3.20. The summed E-state index contributed by atoms with van der Waals surface area (Å²) in [6.07, 6.45) is 5.29. The summed E-state index contributed by atoms with van der Waals surface area (Å²) in [5, 5.41) is 17.0. The average Bonchev–Trinajstić information content (AvgIpc) is 3.35. The fourth-order valence-corrected chi connectivity index (χ4v) is 3.67. The number of thioether (sulfide) groups is 1. The molecule has 0 saturated heterocycles. The molecule has 0 spiro atoms. The number of hydrogen-bond acceptors (Lipinski definition) is 8. The van der Waals surface area contributed by atoms with Crippen LogP contribution in [0.25, 0.3) is 0 Å². The van der Waals surface area contributed by atoms with E-state index in [9.17, 15) is 29.1 Å². The number of nitrogens with one attached hydrogen (secondary N) is 4. The zero-order valence-electron chi connectivity index (χ0n) is 20.8. The molecule has 0 radical (unpaired) electrons. The number of aliphatic carboxylic acids is 1. The third kappa shape index (κ3) is 10.6. The molecule has 1 aromatic rings. The highest BCUT2D eigenvalue weighted by Crippen LogP contribution is 2.09. The van der Waals surface area contributed by atoms with Crippen LogP contribution >= 0.6 is 11.8 Å². The Morgan fingerprint density at radius 3 is 2.19 bits per heavy atom.